The Morgan fingerprint density at radius 2 is 0.644 bits per heavy atom. The van der Waals surface area contributed by atoms with Gasteiger partial charge in [0.2, 0.25) is 0 Å². The summed E-state index contributed by atoms with van der Waals surface area (Å²) in [5, 5.41) is 9.23. The Bertz CT molecular complexity index is 796. The number of hydrogen-bond donors (Lipinski definition) is 1. The topological polar surface area (TPSA) is 94.5 Å². The summed E-state index contributed by atoms with van der Waals surface area (Å²) in [5.74, 6) is 0. The largest absolute Gasteiger partial charge is 0.508 e. The average molecular weight is 840 g/mol. The van der Waals surface area contributed by atoms with Crippen LogP contribution in [0.2, 0.25) is 0 Å². The molecule has 352 valence electrons. The van der Waals surface area contributed by atoms with Crippen LogP contribution in [-0.2, 0) is 18.9 Å². The minimum Gasteiger partial charge on any atom is -0.434 e. The molecule has 2 atom stereocenters. The van der Waals surface area contributed by atoms with Crippen molar-refractivity contribution in [3.63, 3.8) is 0 Å². The van der Waals surface area contributed by atoms with Crippen molar-refractivity contribution in [2.24, 2.45) is 0 Å². The number of hydrogen-bond acceptors (Lipinski definition) is 8. The van der Waals surface area contributed by atoms with Gasteiger partial charge in [-0.15, -0.1) is 0 Å². The van der Waals surface area contributed by atoms with Gasteiger partial charge in [0.1, 0.15) is 12.2 Å². The predicted molar refractivity (Wildman–Crippen MR) is 249 cm³/mol. The molecule has 0 aliphatic rings. The van der Waals surface area contributed by atoms with Gasteiger partial charge in [-0.05, 0) is 116 Å². The van der Waals surface area contributed by atoms with Gasteiger partial charge >= 0.3 is 12.3 Å². The van der Waals surface area contributed by atoms with Crippen molar-refractivity contribution in [2.75, 3.05) is 39.5 Å². The molecule has 0 amide bonds. The fraction of sp³-hybridized carbons (Fsp3) is 0.961. The van der Waals surface area contributed by atoms with Gasteiger partial charge in [-0.3, -0.25) is 0 Å². The summed E-state index contributed by atoms with van der Waals surface area (Å²) in [5.41, 5.74) is 0. The second-order valence-corrected chi connectivity index (χ2v) is 17.6. The Hall–Kier alpha value is -1.54. The first-order valence-corrected chi connectivity index (χ1v) is 26.0. The van der Waals surface area contributed by atoms with Gasteiger partial charge in [0, 0.05) is 6.61 Å². The molecule has 59 heavy (non-hydrogen) atoms. The molecule has 0 bridgehead atoms. The van der Waals surface area contributed by atoms with Crippen LogP contribution in [0.5, 0.6) is 0 Å². The van der Waals surface area contributed by atoms with E-state index >= 15 is 0 Å². The van der Waals surface area contributed by atoms with Crippen molar-refractivity contribution in [2.45, 2.75) is 277 Å². The molecule has 0 aliphatic heterocycles. The van der Waals surface area contributed by atoms with E-state index in [1.165, 1.54) is 128 Å². The second kappa shape index (κ2) is 47.5. The third kappa shape index (κ3) is 42.9. The highest BCUT2D eigenvalue weighted by Gasteiger charge is 2.17. The highest BCUT2D eigenvalue weighted by atomic mass is 16.7. The number of aliphatic hydroxyl groups excluding tert-OH is 1. The third-order valence-electron chi connectivity index (χ3n) is 11.9. The highest BCUT2D eigenvalue weighted by Crippen LogP contribution is 2.19. The minimum atomic E-state index is -0.475. The standard InChI is InChI=1S/C51H101NO7/c1-5-9-13-17-21-30-40-48(38-28-15-11-7-3)58-50(54)56-46-36-25-19-23-32-42-52(44-34-27-35-45-53)43-33-24-20-26-37-47-57-51(55)59-49(39-29-16-12-8-4)41-31-22-18-14-10-6-2/h48-49,53H,5-47H2,1-4H3. The SMILES string of the molecule is CCCCCCCCC(CCCCCC)OC(=O)OCCCCCCCN(CCCCCO)CCCCCCCOC(=O)OC(CCCCCC)CCCCCCCC. The van der Waals surface area contributed by atoms with Crippen LogP contribution < -0.4 is 0 Å². The first kappa shape index (κ1) is 57.5. The molecule has 0 spiro atoms. The van der Waals surface area contributed by atoms with Crippen molar-refractivity contribution in [1.29, 1.82) is 0 Å². The lowest BCUT2D eigenvalue weighted by Crippen LogP contribution is -2.27. The molecule has 0 aromatic carbocycles. The maximum atomic E-state index is 12.5. The molecule has 8 nitrogen and oxygen atoms in total. The third-order valence-corrected chi connectivity index (χ3v) is 11.9. The van der Waals surface area contributed by atoms with E-state index in [4.69, 9.17) is 18.9 Å². The van der Waals surface area contributed by atoms with E-state index in [-0.39, 0.29) is 18.8 Å². The summed E-state index contributed by atoms with van der Waals surface area (Å²) in [7, 11) is 0. The smallest absolute Gasteiger partial charge is 0.434 e. The first-order chi connectivity index (χ1) is 29.0. The molecular formula is C51H101NO7. The monoisotopic (exact) mass is 840 g/mol. The summed E-state index contributed by atoms with van der Waals surface area (Å²) in [6.07, 6.45) is 41.6. The Morgan fingerprint density at radius 1 is 0.373 bits per heavy atom. The molecule has 1 N–H and O–H groups in total. The molecule has 0 fully saturated rings. The Balaban J connectivity index is 4.27. The number of carbonyl (C=O) groups excluding carboxylic acids is 2. The second-order valence-electron chi connectivity index (χ2n) is 17.6. The molecule has 0 heterocycles. The number of nitrogens with zero attached hydrogens (tertiary/aromatic N) is 1. The maximum absolute atomic E-state index is 12.5. The lowest BCUT2D eigenvalue weighted by Gasteiger charge is -2.22. The number of carbonyl (C=O) groups is 2. The van der Waals surface area contributed by atoms with Crippen molar-refractivity contribution in [3.05, 3.63) is 0 Å². The van der Waals surface area contributed by atoms with Crippen molar-refractivity contribution < 1.29 is 33.6 Å². The van der Waals surface area contributed by atoms with Gasteiger partial charge in [-0.2, -0.15) is 0 Å². The zero-order valence-corrected chi connectivity index (χ0v) is 39.9. The van der Waals surface area contributed by atoms with Gasteiger partial charge in [-0.1, -0.05) is 169 Å². The molecular weight excluding hydrogens is 739 g/mol. The van der Waals surface area contributed by atoms with Crippen LogP contribution >= 0.6 is 0 Å². The summed E-state index contributed by atoms with van der Waals surface area (Å²) in [4.78, 5) is 27.6. The molecule has 0 saturated carbocycles. The Labute approximate surface area is 366 Å². The number of ether oxygens (including phenoxy) is 4. The zero-order valence-electron chi connectivity index (χ0n) is 39.9. The predicted octanol–water partition coefficient (Wildman–Crippen LogP) is 15.8. The molecule has 0 radical (unpaired) electrons. The van der Waals surface area contributed by atoms with E-state index in [2.05, 4.69) is 32.6 Å². The minimum absolute atomic E-state index is 0.00333. The summed E-state index contributed by atoms with van der Waals surface area (Å²) < 4.78 is 22.6. The summed E-state index contributed by atoms with van der Waals surface area (Å²) >= 11 is 0. The molecule has 0 saturated heterocycles. The van der Waals surface area contributed by atoms with Crippen molar-refractivity contribution in [3.8, 4) is 0 Å². The molecule has 0 aliphatic carbocycles. The van der Waals surface area contributed by atoms with E-state index in [1.807, 2.05) is 0 Å². The van der Waals surface area contributed by atoms with Crippen LogP contribution in [0.4, 0.5) is 9.59 Å². The van der Waals surface area contributed by atoms with Gasteiger partial charge in [0.15, 0.2) is 0 Å². The van der Waals surface area contributed by atoms with E-state index in [1.54, 1.807) is 0 Å². The molecule has 2 unspecified atom stereocenters. The van der Waals surface area contributed by atoms with Gasteiger partial charge in [0.25, 0.3) is 0 Å². The average Bonchev–Trinajstić information content (AvgIpc) is 3.23. The highest BCUT2D eigenvalue weighted by molar-refractivity contribution is 5.60. The zero-order chi connectivity index (χ0) is 43.1. The molecule has 8 heteroatoms. The Kier molecular flexibility index (Phi) is 46.3. The van der Waals surface area contributed by atoms with E-state index in [0.29, 0.717) is 13.2 Å². The lowest BCUT2D eigenvalue weighted by molar-refractivity contribution is 0.0145. The van der Waals surface area contributed by atoms with Crippen LogP contribution in [0, 0.1) is 0 Å². The Morgan fingerprint density at radius 3 is 0.983 bits per heavy atom. The number of aliphatic hydroxyl groups is 1. The van der Waals surface area contributed by atoms with Gasteiger partial charge in [0.05, 0.1) is 13.2 Å². The van der Waals surface area contributed by atoms with Crippen molar-refractivity contribution >= 4 is 12.3 Å². The number of rotatable bonds is 47. The van der Waals surface area contributed by atoms with E-state index in [9.17, 15) is 14.7 Å². The van der Waals surface area contributed by atoms with Gasteiger partial charge in [-0.25, -0.2) is 9.59 Å². The quantitative estimate of drug-likeness (QED) is 0.0478. The van der Waals surface area contributed by atoms with Gasteiger partial charge < -0.3 is 29.0 Å². The van der Waals surface area contributed by atoms with Crippen molar-refractivity contribution in [1.82, 2.24) is 4.90 Å². The summed E-state index contributed by atoms with van der Waals surface area (Å²) in [6, 6.07) is 0. The first-order valence-electron chi connectivity index (χ1n) is 26.0. The molecule has 0 rings (SSSR count). The van der Waals surface area contributed by atoms with Crippen LogP contribution in [0.1, 0.15) is 265 Å². The lowest BCUT2D eigenvalue weighted by atomic mass is 10.0. The molecule has 0 aromatic heterocycles. The van der Waals surface area contributed by atoms with Crippen LogP contribution in [0.3, 0.4) is 0 Å². The van der Waals surface area contributed by atoms with Crippen LogP contribution in [0.25, 0.3) is 0 Å². The fourth-order valence-electron chi connectivity index (χ4n) is 7.97. The fourth-order valence-corrected chi connectivity index (χ4v) is 7.97. The maximum Gasteiger partial charge on any atom is 0.508 e. The van der Waals surface area contributed by atoms with Crippen LogP contribution in [-0.4, -0.2) is 74.0 Å². The summed E-state index contributed by atoms with van der Waals surface area (Å²) in [6.45, 7) is 13.5. The van der Waals surface area contributed by atoms with Crippen LogP contribution in [0.15, 0.2) is 0 Å². The number of unbranched alkanes of at least 4 members (excludes halogenated alkanes) is 26. The van der Waals surface area contributed by atoms with E-state index < -0.39 is 12.3 Å². The normalized spacial score (nSPS) is 12.5. The molecule has 0 aromatic rings. The van der Waals surface area contributed by atoms with E-state index in [0.717, 1.165) is 129 Å².